The monoisotopic (exact) mass is 804 g/mol. The van der Waals surface area contributed by atoms with E-state index in [-0.39, 0.29) is 3.23 Å². The summed E-state index contributed by atoms with van der Waals surface area (Å²) in [5, 5.41) is 0. The van der Waals surface area contributed by atoms with Gasteiger partial charge in [-0.3, -0.25) is 0 Å². The first-order valence-corrected chi connectivity index (χ1v) is 15.3. The van der Waals surface area contributed by atoms with Gasteiger partial charge < -0.3 is 0 Å². The average Bonchev–Trinajstić information content (AvgIpc) is 2.69. The van der Waals surface area contributed by atoms with E-state index in [1.807, 2.05) is 0 Å². The number of rotatable bonds is 10. The number of hydrogen-bond donors (Lipinski definition) is 0. The van der Waals surface area contributed by atoms with Gasteiger partial charge in [0.2, 0.25) is 0 Å². The Morgan fingerprint density at radius 3 is 1.84 bits per heavy atom. The van der Waals surface area contributed by atoms with Crippen molar-refractivity contribution in [2.75, 3.05) is 0 Å². The first kappa shape index (κ1) is 28.6. The molecule has 0 radical (unpaired) electrons. The van der Waals surface area contributed by atoms with E-state index in [4.69, 9.17) is 0 Å². The Kier molecular flexibility index (Phi) is 10.9. The van der Waals surface area contributed by atoms with Gasteiger partial charge in [0, 0.05) is 0 Å². The number of unbranched alkanes of at least 4 members (excludes halogenated alkanes) is 3. The van der Waals surface area contributed by atoms with Gasteiger partial charge in [0.15, 0.2) is 0 Å². The molecule has 6 heteroatoms. The molecular weight excluding hydrogens is 780 g/mol. The molecule has 0 bridgehead atoms. The summed E-state index contributed by atoms with van der Waals surface area (Å²) in [5.41, 5.74) is 8.06. The summed E-state index contributed by atoms with van der Waals surface area (Å²) >= 11 is 23.8. The van der Waals surface area contributed by atoms with Crippen LogP contribution in [0.3, 0.4) is 0 Å². The van der Waals surface area contributed by atoms with Crippen molar-refractivity contribution >= 4 is 95.6 Å². The van der Waals surface area contributed by atoms with E-state index in [2.05, 4.69) is 160 Å². The molecule has 0 nitrogen and oxygen atoms in total. The van der Waals surface area contributed by atoms with Gasteiger partial charge in [-0.25, -0.2) is 0 Å². The predicted octanol–water partition coefficient (Wildman–Crippen LogP) is 11.0. The minimum absolute atomic E-state index is 0.358. The zero-order valence-corrected chi connectivity index (χ0v) is 28.0. The smallest absolute Gasteiger partial charge is 0.0701 e. The van der Waals surface area contributed by atoms with Gasteiger partial charge in [-0.15, -0.1) is 0 Å². The van der Waals surface area contributed by atoms with E-state index in [1.165, 1.54) is 59.1 Å². The summed E-state index contributed by atoms with van der Waals surface area (Å²) in [7, 11) is 0. The molecule has 0 fully saturated rings. The van der Waals surface area contributed by atoms with Gasteiger partial charge in [-0.1, -0.05) is 151 Å². The SMILES string of the molecule is Cc1cccc(CCCCCCC(Br)(Br)C(Br)(Br)C(Br)(Br)c2cccc(C)c2C)c1C. The Morgan fingerprint density at radius 1 is 0.645 bits per heavy atom. The topological polar surface area (TPSA) is 0 Å². The van der Waals surface area contributed by atoms with Crippen molar-refractivity contribution < 1.29 is 0 Å². The second-order valence-corrected chi connectivity index (χ2v) is 19.0. The third-order valence-corrected chi connectivity index (χ3v) is 17.0. The largest absolute Gasteiger partial charge is 0.134 e. The molecule has 2 aromatic carbocycles. The third kappa shape index (κ3) is 6.72. The molecular formula is C25H30Br6. The number of hydrogen-bond acceptors (Lipinski definition) is 0. The highest BCUT2D eigenvalue weighted by Gasteiger charge is 2.58. The van der Waals surface area contributed by atoms with Crippen LogP contribution in [0.2, 0.25) is 0 Å². The van der Waals surface area contributed by atoms with Crippen LogP contribution in [0.1, 0.15) is 65.5 Å². The first-order chi connectivity index (χ1) is 14.3. The van der Waals surface area contributed by atoms with E-state index in [1.54, 1.807) is 0 Å². The molecule has 172 valence electrons. The number of halogens is 6. The normalized spacial score (nSPS) is 13.0. The molecule has 0 saturated carbocycles. The molecule has 2 rings (SSSR count). The maximum Gasteiger partial charge on any atom is 0.134 e. The predicted molar refractivity (Wildman–Crippen MR) is 159 cm³/mol. The van der Waals surface area contributed by atoms with E-state index < -0.39 is 6.47 Å². The molecule has 0 N–H and O–H groups in total. The number of aryl methyl sites for hydroxylation is 3. The molecule has 0 aliphatic rings. The van der Waals surface area contributed by atoms with Crippen LogP contribution in [0.4, 0.5) is 0 Å². The number of benzene rings is 2. The van der Waals surface area contributed by atoms with Crippen LogP contribution in [-0.2, 0) is 9.65 Å². The van der Waals surface area contributed by atoms with Gasteiger partial charge >= 0.3 is 0 Å². The van der Waals surface area contributed by atoms with Crippen LogP contribution in [0.15, 0.2) is 36.4 Å². The van der Waals surface area contributed by atoms with Crippen molar-refractivity contribution in [3.05, 3.63) is 69.8 Å². The van der Waals surface area contributed by atoms with Crippen molar-refractivity contribution in [2.24, 2.45) is 0 Å². The molecule has 0 amide bonds. The van der Waals surface area contributed by atoms with Gasteiger partial charge in [0.25, 0.3) is 0 Å². The van der Waals surface area contributed by atoms with Gasteiger partial charge in [-0.05, 0) is 80.3 Å². The fourth-order valence-corrected chi connectivity index (χ4v) is 8.33. The minimum atomic E-state index is -0.517. The highest BCUT2D eigenvalue weighted by Crippen LogP contribution is 2.65. The lowest BCUT2D eigenvalue weighted by Gasteiger charge is -2.44. The molecule has 2 aromatic rings. The standard InChI is InChI=1S/C25H30Br6/c1-17-11-9-14-21(19(17)3)13-7-5-6-8-16-23(26,27)25(30,31)24(28,29)22-15-10-12-18(2)20(22)4/h9-12,14-15H,5-8,13,16H2,1-4H3. The summed E-state index contributed by atoms with van der Waals surface area (Å²) in [5.74, 6) is 0. The summed E-state index contributed by atoms with van der Waals surface area (Å²) in [6.45, 7) is 8.75. The van der Waals surface area contributed by atoms with Crippen LogP contribution >= 0.6 is 95.6 Å². The Morgan fingerprint density at radius 2 is 1.19 bits per heavy atom. The zero-order chi connectivity index (χ0) is 23.4. The lowest BCUT2D eigenvalue weighted by Crippen LogP contribution is -2.46. The van der Waals surface area contributed by atoms with Crippen molar-refractivity contribution in [1.29, 1.82) is 0 Å². The quantitative estimate of drug-likeness (QED) is 0.166. The van der Waals surface area contributed by atoms with Crippen molar-refractivity contribution in [3.8, 4) is 0 Å². The molecule has 0 unspecified atom stereocenters. The Bertz CT molecular complexity index is 886. The molecule has 0 heterocycles. The highest BCUT2D eigenvalue weighted by molar-refractivity contribution is 9.32. The number of alkyl halides is 6. The Hall–Kier alpha value is 1.32. The molecule has 0 aliphatic heterocycles. The maximum absolute atomic E-state index is 3.98. The molecule has 0 atom stereocenters. The fraction of sp³-hybridized carbons (Fsp3) is 0.520. The van der Waals surface area contributed by atoms with Gasteiger partial charge in [-0.2, -0.15) is 0 Å². The lowest BCUT2D eigenvalue weighted by molar-refractivity contribution is 0.569. The molecule has 31 heavy (non-hydrogen) atoms. The molecule has 0 saturated heterocycles. The maximum atomic E-state index is 3.98. The fourth-order valence-electron chi connectivity index (χ4n) is 3.75. The van der Waals surface area contributed by atoms with Crippen molar-refractivity contribution in [2.45, 2.75) is 75.9 Å². The second-order valence-electron chi connectivity index (χ2n) is 8.37. The summed E-state index contributed by atoms with van der Waals surface area (Å²) in [6.07, 6.45) is 6.95. The third-order valence-electron chi connectivity index (χ3n) is 6.20. The van der Waals surface area contributed by atoms with Crippen LogP contribution in [0, 0.1) is 27.7 Å². The second kappa shape index (κ2) is 11.8. The van der Waals surface area contributed by atoms with Crippen LogP contribution in [-0.4, -0.2) is 6.47 Å². The zero-order valence-electron chi connectivity index (χ0n) is 18.5. The Labute approximate surface area is 238 Å². The Balaban J connectivity index is 1.94. The van der Waals surface area contributed by atoms with Crippen LogP contribution in [0.25, 0.3) is 0 Å². The molecule has 0 spiro atoms. The molecule has 0 aliphatic carbocycles. The summed E-state index contributed by atoms with van der Waals surface area (Å²) < 4.78 is -1.39. The summed E-state index contributed by atoms with van der Waals surface area (Å²) in [4.78, 5) is 0. The van der Waals surface area contributed by atoms with Crippen molar-refractivity contribution in [3.63, 3.8) is 0 Å². The first-order valence-electron chi connectivity index (χ1n) is 10.6. The van der Waals surface area contributed by atoms with Crippen LogP contribution < -0.4 is 0 Å². The van der Waals surface area contributed by atoms with E-state index in [9.17, 15) is 0 Å². The van der Waals surface area contributed by atoms with Gasteiger partial charge in [0.05, 0.1) is 0 Å². The van der Waals surface area contributed by atoms with E-state index in [0.29, 0.717) is 0 Å². The van der Waals surface area contributed by atoms with Crippen LogP contribution in [0.5, 0.6) is 0 Å². The van der Waals surface area contributed by atoms with Gasteiger partial charge in [0.1, 0.15) is 9.70 Å². The average molecular weight is 810 g/mol. The summed E-state index contributed by atoms with van der Waals surface area (Å²) in [6, 6.07) is 13.1. The lowest BCUT2D eigenvalue weighted by atomic mass is 9.96. The van der Waals surface area contributed by atoms with E-state index in [0.717, 1.165) is 12.8 Å². The van der Waals surface area contributed by atoms with E-state index >= 15 is 0 Å². The minimum Gasteiger partial charge on any atom is -0.0701 e. The molecule has 0 aromatic heterocycles. The van der Waals surface area contributed by atoms with Crippen molar-refractivity contribution in [1.82, 2.24) is 0 Å². The highest BCUT2D eigenvalue weighted by atomic mass is 79.9.